The van der Waals surface area contributed by atoms with Crippen LogP contribution in [0.5, 0.6) is 0 Å². The Labute approximate surface area is 139 Å². The van der Waals surface area contributed by atoms with Gasteiger partial charge in [0, 0.05) is 37.4 Å². The molecule has 0 saturated heterocycles. The molecule has 1 aromatic rings. The second kappa shape index (κ2) is 7.86. The van der Waals surface area contributed by atoms with Crippen molar-refractivity contribution < 1.29 is 9.84 Å². The van der Waals surface area contributed by atoms with Crippen molar-refractivity contribution in [3.63, 3.8) is 0 Å². The van der Waals surface area contributed by atoms with Gasteiger partial charge in [0.1, 0.15) is 18.5 Å². The van der Waals surface area contributed by atoms with E-state index in [-0.39, 0.29) is 24.6 Å². The number of nitrogens with one attached hydrogen (secondary N) is 1. The van der Waals surface area contributed by atoms with Crippen LogP contribution in [-0.2, 0) is 11.3 Å². The predicted molar refractivity (Wildman–Crippen MR) is 92.8 cm³/mol. The molecule has 2 N–H and O–H groups in total. The Balaban J connectivity index is 0.00000242. The summed E-state index contributed by atoms with van der Waals surface area (Å²) in [5.41, 5.74) is 2.36. The molecule has 1 aliphatic heterocycles. The van der Waals surface area contributed by atoms with E-state index in [1.54, 1.807) is 0 Å². The van der Waals surface area contributed by atoms with Crippen LogP contribution in [0.4, 0.5) is 0 Å². The Morgan fingerprint density at radius 2 is 2.00 bits per heavy atom. The maximum Gasteiger partial charge on any atom is 0.142 e. The van der Waals surface area contributed by atoms with Crippen LogP contribution in [0.15, 0.2) is 30.5 Å². The summed E-state index contributed by atoms with van der Waals surface area (Å²) in [4.78, 5) is 2.09. The van der Waals surface area contributed by atoms with Gasteiger partial charge in [0.15, 0.2) is 0 Å². The minimum atomic E-state index is -0.524. The highest BCUT2D eigenvalue weighted by atomic mass is 35.5. The van der Waals surface area contributed by atoms with Crippen LogP contribution in [-0.4, -0.2) is 41.8 Å². The summed E-state index contributed by atoms with van der Waals surface area (Å²) < 4.78 is 5.84. The first-order valence-electron chi connectivity index (χ1n) is 7.41. The van der Waals surface area contributed by atoms with Crippen molar-refractivity contribution in [2.45, 2.75) is 39.0 Å². The van der Waals surface area contributed by atoms with Crippen LogP contribution in [0.1, 0.15) is 31.9 Å². The molecule has 1 atom stereocenters. The van der Waals surface area contributed by atoms with Crippen molar-refractivity contribution in [2.24, 2.45) is 0 Å². The minimum Gasteiger partial charge on any atom is -0.489 e. The first-order chi connectivity index (χ1) is 9.85. The largest absolute Gasteiger partial charge is 0.489 e. The van der Waals surface area contributed by atoms with Crippen LogP contribution < -0.4 is 5.32 Å². The maximum absolute atomic E-state index is 10.0. The van der Waals surface area contributed by atoms with Crippen LogP contribution >= 0.6 is 12.4 Å². The van der Waals surface area contributed by atoms with Gasteiger partial charge in [0.05, 0.1) is 0 Å². The Kier molecular flexibility index (Phi) is 6.72. The molecule has 0 bridgehead atoms. The fourth-order valence-electron chi connectivity index (χ4n) is 2.27. The SMILES string of the molecule is CN1C=C(OCC(O)CNC(C)(C)C)c2ccccc2C1.Cl. The summed E-state index contributed by atoms with van der Waals surface area (Å²) in [5, 5.41) is 13.3. The molecular formula is C17H27ClN2O2. The first kappa shape index (κ1) is 18.8. The number of aliphatic hydroxyl groups is 1. The number of fused-ring (bicyclic) bond motifs is 1. The molecule has 22 heavy (non-hydrogen) atoms. The van der Waals surface area contributed by atoms with E-state index in [9.17, 15) is 5.11 Å². The molecule has 0 radical (unpaired) electrons. The standard InChI is InChI=1S/C17H26N2O2.ClH/c1-17(2,3)18-9-14(20)12-21-16-11-19(4)10-13-7-5-6-8-15(13)16;/h5-8,11,14,18,20H,9-10,12H2,1-4H3;1H. The molecule has 0 aromatic heterocycles. The number of nitrogens with zero attached hydrogens (tertiary/aromatic N) is 1. The van der Waals surface area contributed by atoms with Gasteiger partial charge in [-0.15, -0.1) is 12.4 Å². The second-order valence-electron chi connectivity index (χ2n) is 6.66. The van der Waals surface area contributed by atoms with Gasteiger partial charge < -0.3 is 20.1 Å². The number of halogens is 1. The molecule has 0 saturated carbocycles. The first-order valence-corrected chi connectivity index (χ1v) is 7.41. The van der Waals surface area contributed by atoms with E-state index in [1.807, 2.05) is 25.4 Å². The predicted octanol–water partition coefficient (Wildman–Crippen LogP) is 2.62. The van der Waals surface area contributed by atoms with Crippen LogP contribution in [0.3, 0.4) is 0 Å². The Morgan fingerprint density at radius 3 is 2.68 bits per heavy atom. The van der Waals surface area contributed by atoms with Gasteiger partial charge in [-0.05, 0) is 26.3 Å². The fourth-order valence-corrected chi connectivity index (χ4v) is 2.27. The lowest BCUT2D eigenvalue weighted by molar-refractivity contribution is 0.0859. The molecule has 2 rings (SSSR count). The summed E-state index contributed by atoms with van der Waals surface area (Å²) in [7, 11) is 2.02. The zero-order valence-corrected chi connectivity index (χ0v) is 14.6. The van der Waals surface area contributed by atoms with Crippen LogP contribution in [0.25, 0.3) is 5.76 Å². The van der Waals surface area contributed by atoms with E-state index < -0.39 is 6.10 Å². The van der Waals surface area contributed by atoms with Crippen molar-refractivity contribution >= 4 is 18.2 Å². The Morgan fingerprint density at radius 1 is 1.32 bits per heavy atom. The lowest BCUT2D eigenvalue weighted by Crippen LogP contribution is -2.42. The summed E-state index contributed by atoms with van der Waals surface area (Å²) in [6, 6.07) is 8.23. The van der Waals surface area contributed by atoms with E-state index in [4.69, 9.17) is 4.74 Å². The van der Waals surface area contributed by atoms with Crippen molar-refractivity contribution in [1.29, 1.82) is 0 Å². The monoisotopic (exact) mass is 326 g/mol. The van der Waals surface area contributed by atoms with Crippen molar-refractivity contribution in [3.8, 4) is 0 Å². The molecule has 0 spiro atoms. The van der Waals surface area contributed by atoms with E-state index in [1.165, 1.54) is 5.56 Å². The summed E-state index contributed by atoms with van der Waals surface area (Å²) in [5.74, 6) is 0.828. The lowest BCUT2D eigenvalue weighted by Gasteiger charge is -2.27. The number of aliphatic hydroxyl groups excluding tert-OH is 1. The Hall–Kier alpha value is -1.23. The summed E-state index contributed by atoms with van der Waals surface area (Å²) >= 11 is 0. The smallest absolute Gasteiger partial charge is 0.142 e. The Bertz CT molecular complexity index is 512. The number of rotatable bonds is 5. The highest BCUT2D eigenvalue weighted by Gasteiger charge is 2.18. The third-order valence-electron chi connectivity index (χ3n) is 3.34. The number of hydrogen-bond donors (Lipinski definition) is 2. The van der Waals surface area contributed by atoms with Gasteiger partial charge in [0.25, 0.3) is 0 Å². The molecule has 5 heteroatoms. The third kappa shape index (κ3) is 5.52. The highest BCUT2D eigenvalue weighted by molar-refractivity contribution is 5.85. The highest BCUT2D eigenvalue weighted by Crippen LogP contribution is 2.26. The van der Waals surface area contributed by atoms with Gasteiger partial charge >= 0.3 is 0 Å². The van der Waals surface area contributed by atoms with Gasteiger partial charge in [-0.2, -0.15) is 0 Å². The molecule has 0 aliphatic carbocycles. The van der Waals surface area contributed by atoms with Gasteiger partial charge in [-0.1, -0.05) is 24.3 Å². The number of hydrogen-bond acceptors (Lipinski definition) is 4. The van der Waals surface area contributed by atoms with E-state index in [0.29, 0.717) is 6.54 Å². The average molecular weight is 327 g/mol. The quantitative estimate of drug-likeness (QED) is 0.873. The average Bonchev–Trinajstić information content (AvgIpc) is 2.41. The molecule has 1 aromatic carbocycles. The third-order valence-corrected chi connectivity index (χ3v) is 3.34. The molecule has 1 aliphatic rings. The molecule has 4 nitrogen and oxygen atoms in total. The number of β-amino-alcohol motifs (C(OH)–C–C–N with tert-alkyl or cyclic N) is 1. The molecule has 1 heterocycles. The van der Waals surface area contributed by atoms with Gasteiger partial charge in [0.2, 0.25) is 0 Å². The fraction of sp³-hybridized carbons (Fsp3) is 0.529. The van der Waals surface area contributed by atoms with E-state index >= 15 is 0 Å². The number of ether oxygens (including phenoxy) is 1. The van der Waals surface area contributed by atoms with Crippen molar-refractivity contribution in [1.82, 2.24) is 10.2 Å². The molecule has 124 valence electrons. The molecule has 0 amide bonds. The van der Waals surface area contributed by atoms with E-state index in [0.717, 1.165) is 17.9 Å². The van der Waals surface area contributed by atoms with Gasteiger partial charge in [-0.25, -0.2) is 0 Å². The summed E-state index contributed by atoms with van der Waals surface area (Å²) in [6.45, 7) is 7.93. The molecule has 0 fully saturated rings. The van der Waals surface area contributed by atoms with Gasteiger partial charge in [-0.3, -0.25) is 0 Å². The number of benzene rings is 1. The van der Waals surface area contributed by atoms with E-state index in [2.05, 4.69) is 43.1 Å². The van der Waals surface area contributed by atoms with Crippen molar-refractivity contribution in [2.75, 3.05) is 20.2 Å². The maximum atomic E-state index is 10.0. The molecular weight excluding hydrogens is 300 g/mol. The summed E-state index contributed by atoms with van der Waals surface area (Å²) in [6.07, 6.45) is 1.47. The van der Waals surface area contributed by atoms with Crippen LogP contribution in [0.2, 0.25) is 0 Å². The van der Waals surface area contributed by atoms with Crippen LogP contribution in [0, 0.1) is 0 Å². The van der Waals surface area contributed by atoms with Crippen molar-refractivity contribution in [3.05, 3.63) is 41.6 Å². The normalized spacial score (nSPS) is 15.5. The topological polar surface area (TPSA) is 44.7 Å². The molecule has 1 unspecified atom stereocenters. The zero-order chi connectivity index (χ0) is 15.5. The lowest BCUT2D eigenvalue weighted by atomic mass is 10.0. The second-order valence-corrected chi connectivity index (χ2v) is 6.66. The zero-order valence-electron chi connectivity index (χ0n) is 13.8. The minimum absolute atomic E-state index is 0.